The maximum Gasteiger partial charge on any atom is 0.295 e. The van der Waals surface area contributed by atoms with Gasteiger partial charge in [0.25, 0.3) is 11.7 Å². The summed E-state index contributed by atoms with van der Waals surface area (Å²) in [5.74, 6) is 0.399. The van der Waals surface area contributed by atoms with Crippen molar-refractivity contribution in [1.29, 1.82) is 0 Å². The standard InChI is InChI=1S/C31H38N2O7/c1-5-16-38-23-12-10-21(19-25(23)37-8-4)28-27(29(34)22-11-13-24-26(20-22)40-18-17-39-24)30(35)31(36)33(28)15-9-14-32(6-2)7-3/h5,10-13,19-20,28,34H,1,6-9,14-18H2,2-4H3/t28-/m1/s1. The van der Waals surface area contributed by atoms with E-state index in [9.17, 15) is 14.7 Å². The van der Waals surface area contributed by atoms with Crippen LogP contribution in [0.5, 0.6) is 23.0 Å². The van der Waals surface area contributed by atoms with Gasteiger partial charge in [-0.2, -0.15) is 0 Å². The maximum atomic E-state index is 13.5. The van der Waals surface area contributed by atoms with Crippen LogP contribution < -0.4 is 18.9 Å². The number of fused-ring (bicyclic) bond motifs is 1. The fraction of sp³-hybridized carbons (Fsp3) is 0.419. The molecule has 214 valence electrons. The molecule has 2 aromatic carbocycles. The number of carbonyl (C=O) groups is 2. The van der Waals surface area contributed by atoms with Crippen molar-refractivity contribution < 1.29 is 33.6 Å². The average molecular weight is 551 g/mol. The summed E-state index contributed by atoms with van der Waals surface area (Å²) in [4.78, 5) is 30.7. The third-order valence-corrected chi connectivity index (χ3v) is 7.06. The number of aliphatic hydroxyl groups is 1. The van der Waals surface area contributed by atoms with Gasteiger partial charge in [0.2, 0.25) is 0 Å². The van der Waals surface area contributed by atoms with E-state index in [0.717, 1.165) is 19.6 Å². The molecule has 9 nitrogen and oxygen atoms in total. The molecule has 0 radical (unpaired) electrons. The fourth-order valence-electron chi connectivity index (χ4n) is 5.04. The number of aliphatic hydroxyl groups excluding tert-OH is 1. The molecule has 1 N–H and O–H groups in total. The van der Waals surface area contributed by atoms with Crippen LogP contribution in [0.15, 0.2) is 54.6 Å². The number of hydrogen-bond acceptors (Lipinski definition) is 8. The molecule has 40 heavy (non-hydrogen) atoms. The van der Waals surface area contributed by atoms with Crippen LogP contribution in [0.25, 0.3) is 5.76 Å². The Hall–Kier alpha value is -3.98. The lowest BCUT2D eigenvalue weighted by Crippen LogP contribution is -2.33. The molecule has 0 aromatic heterocycles. The van der Waals surface area contributed by atoms with Crippen LogP contribution in [-0.2, 0) is 9.59 Å². The van der Waals surface area contributed by atoms with Gasteiger partial charge in [0.1, 0.15) is 25.6 Å². The number of amides is 1. The quantitative estimate of drug-likeness (QED) is 0.168. The molecule has 0 bridgehead atoms. The van der Waals surface area contributed by atoms with Crippen LogP contribution >= 0.6 is 0 Å². The Balaban J connectivity index is 1.78. The number of likely N-dealkylation sites (tertiary alicyclic amines) is 1. The second-order valence-electron chi connectivity index (χ2n) is 9.47. The number of benzene rings is 2. The predicted molar refractivity (Wildman–Crippen MR) is 152 cm³/mol. The molecule has 9 heteroatoms. The van der Waals surface area contributed by atoms with Crippen molar-refractivity contribution in [3.63, 3.8) is 0 Å². The van der Waals surface area contributed by atoms with Crippen molar-refractivity contribution in [1.82, 2.24) is 9.80 Å². The third kappa shape index (κ3) is 6.09. The molecular formula is C31H38N2O7. The van der Waals surface area contributed by atoms with E-state index >= 15 is 0 Å². The van der Waals surface area contributed by atoms with Crippen molar-refractivity contribution in [2.45, 2.75) is 33.2 Å². The Morgan fingerprint density at radius 2 is 1.80 bits per heavy atom. The second-order valence-corrected chi connectivity index (χ2v) is 9.47. The zero-order valence-electron chi connectivity index (χ0n) is 23.5. The summed E-state index contributed by atoms with van der Waals surface area (Å²) in [5.41, 5.74) is 1.02. The van der Waals surface area contributed by atoms with Gasteiger partial charge in [0, 0.05) is 12.1 Å². The Bertz CT molecular complexity index is 1270. The van der Waals surface area contributed by atoms with Crippen molar-refractivity contribution in [2.24, 2.45) is 0 Å². The van der Waals surface area contributed by atoms with E-state index in [-0.39, 0.29) is 11.3 Å². The lowest BCUT2D eigenvalue weighted by atomic mass is 9.94. The van der Waals surface area contributed by atoms with E-state index < -0.39 is 17.7 Å². The van der Waals surface area contributed by atoms with E-state index in [1.165, 1.54) is 0 Å². The SMILES string of the molecule is C=CCOc1ccc([C@@H]2C(=C(O)c3ccc4c(c3)OCCO4)C(=O)C(=O)N2CCCN(CC)CC)cc1OCC. The summed E-state index contributed by atoms with van der Waals surface area (Å²) in [5, 5.41) is 11.5. The minimum absolute atomic E-state index is 0.0201. The molecule has 2 aliphatic heterocycles. The smallest absolute Gasteiger partial charge is 0.295 e. The number of nitrogens with zero attached hydrogens (tertiary/aromatic N) is 2. The largest absolute Gasteiger partial charge is 0.507 e. The van der Waals surface area contributed by atoms with Crippen LogP contribution in [0.1, 0.15) is 44.4 Å². The molecule has 2 aromatic rings. The lowest BCUT2D eigenvalue weighted by Gasteiger charge is -2.27. The molecule has 0 aliphatic carbocycles. The van der Waals surface area contributed by atoms with Crippen LogP contribution in [0.2, 0.25) is 0 Å². The van der Waals surface area contributed by atoms with Gasteiger partial charge in [0.15, 0.2) is 23.0 Å². The number of ether oxygens (including phenoxy) is 4. The van der Waals surface area contributed by atoms with Gasteiger partial charge < -0.3 is 33.9 Å². The zero-order chi connectivity index (χ0) is 28.6. The van der Waals surface area contributed by atoms with Gasteiger partial charge in [0.05, 0.1) is 18.2 Å². The molecule has 1 amide bonds. The van der Waals surface area contributed by atoms with Crippen molar-refractivity contribution in [3.05, 3.63) is 65.8 Å². The highest BCUT2D eigenvalue weighted by atomic mass is 16.6. The van der Waals surface area contributed by atoms with Crippen molar-refractivity contribution >= 4 is 17.4 Å². The summed E-state index contributed by atoms with van der Waals surface area (Å²) >= 11 is 0. The summed E-state index contributed by atoms with van der Waals surface area (Å²) in [6.45, 7) is 14.2. The van der Waals surface area contributed by atoms with Crippen molar-refractivity contribution in [3.8, 4) is 23.0 Å². The Labute approximate surface area is 235 Å². The van der Waals surface area contributed by atoms with Gasteiger partial charge >= 0.3 is 0 Å². The van der Waals surface area contributed by atoms with E-state index in [1.54, 1.807) is 47.4 Å². The number of rotatable bonds is 13. The first-order chi connectivity index (χ1) is 19.4. The Morgan fingerprint density at radius 3 is 2.50 bits per heavy atom. The first kappa shape index (κ1) is 29.0. The van der Waals surface area contributed by atoms with Gasteiger partial charge in [-0.05, 0) is 68.9 Å². The zero-order valence-corrected chi connectivity index (χ0v) is 23.5. The summed E-state index contributed by atoms with van der Waals surface area (Å²) in [7, 11) is 0. The maximum absolute atomic E-state index is 13.5. The molecule has 2 heterocycles. The molecule has 1 atom stereocenters. The minimum Gasteiger partial charge on any atom is -0.507 e. The summed E-state index contributed by atoms with van der Waals surface area (Å²) < 4.78 is 22.9. The Kier molecular flexibility index (Phi) is 9.71. The monoisotopic (exact) mass is 550 g/mol. The summed E-state index contributed by atoms with van der Waals surface area (Å²) in [6, 6.07) is 9.50. The molecule has 0 unspecified atom stereocenters. The molecule has 1 fully saturated rings. The lowest BCUT2D eigenvalue weighted by molar-refractivity contribution is -0.140. The van der Waals surface area contributed by atoms with E-state index in [1.807, 2.05) is 6.92 Å². The first-order valence-corrected chi connectivity index (χ1v) is 13.8. The molecular weight excluding hydrogens is 512 g/mol. The second kappa shape index (κ2) is 13.4. The van der Waals surface area contributed by atoms with E-state index in [0.29, 0.717) is 73.5 Å². The fourth-order valence-corrected chi connectivity index (χ4v) is 5.04. The van der Waals surface area contributed by atoms with Crippen molar-refractivity contribution in [2.75, 3.05) is 52.6 Å². The highest BCUT2D eigenvalue weighted by Crippen LogP contribution is 2.43. The highest BCUT2D eigenvalue weighted by Gasteiger charge is 2.46. The van der Waals surface area contributed by atoms with E-state index in [4.69, 9.17) is 18.9 Å². The Morgan fingerprint density at radius 1 is 1.05 bits per heavy atom. The highest BCUT2D eigenvalue weighted by molar-refractivity contribution is 6.46. The number of Topliss-reactive ketones (excluding diaryl/α,β-unsaturated/α-hetero) is 1. The topological polar surface area (TPSA) is 97.8 Å². The summed E-state index contributed by atoms with van der Waals surface area (Å²) in [6.07, 6.45) is 2.32. The van der Waals surface area contributed by atoms with Crippen LogP contribution in [0, 0.1) is 0 Å². The van der Waals surface area contributed by atoms with Crippen LogP contribution in [0.3, 0.4) is 0 Å². The van der Waals surface area contributed by atoms with Crippen LogP contribution in [-0.4, -0.2) is 79.2 Å². The molecule has 4 rings (SSSR count). The molecule has 2 aliphatic rings. The normalized spacial score (nSPS) is 17.8. The molecule has 0 spiro atoms. The van der Waals surface area contributed by atoms with Gasteiger partial charge in [-0.15, -0.1) is 0 Å². The molecule has 1 saturated heterocycles. The van der Waals surface area contributed by atoms with E-state index in [2.05, 4.69) is 25.3 Å². The van der Waals surface area contributed by atoms with Crippen LogP contribution in [0.4, 0.5) is 0 Å². The predicted octanol–water partition coefficient (Wildman–Crippen LogP) is 4.57. The molecule has 0 saturated carbocycles. The minimum atomic E-state index is -0.808. The average Bonchev–Trinajstić information content (AvgIpc) is 3.23. The number of carbonyl (C=O) groups excluding carboxylic acids is 2. The first-order valence-electron chi connectivity index (χ1n) is 13.8. The van der Waals surface area contributed by atoms with Gasteiger partial charge in [-0.25, -0.2) is 0 Å². The van der Waals surface area contributed by atoms with Gasteiger partial charge in [-0.3, -0.25) is 9.59 Å². The third-order valence-electron chi connectivity index (χ3n) is 7.06. The number of hydrogen-bond donors (Lipinski definition) is 1. The van der Waals surface area contributed by atoms with Gasteiger partial charge in [-0.1, -0.05) is 32.6 Å². The number of ketones is 1.